The van der Waals surface area contributed by atoms with Crippen molar-refractivity contribution in [2.24, 2.45) is 0 Å². The Morgan fingerprint density at radius 1 is 1.09 bits per heavy atom. The SMILES string of the molecule is COc1ccccc1NC(=O)C1=C(C)Nc2nc(-c3ccc(C)cc3)nn2C1c1cccs1. The van der Waals surface area contributed by atoms with Crippen molar-refractivity contribution in [1.29, 1.82) is 0 Å². The second-order valence-electron chi connectivity index (χ2n) is 7.81. The van der Waals surface area contributed by atoms with Crippen LogP contribution in [0.3, 0.4) is 0 Å². The maximum absolute atomic E-state index is 13.6. The third-order valence-electron chi connectivity index (χ3n) is 5.57. The van der Waals surface area contributed by atoms with Gasteiger partial charge in [0.05, 0.1) is 18.4 Å². The Morgan fingerprint density at radius 3 is 2.61 bits per heavy atom. The summed E-state index contributed by atoms with van der Waals surface area (Å²) in [5, 5.41) is 13.1. The number of fused-ring (bicyclic) bond motifs is 1. The number of anilines is 2. The maximum atomic E-state index is 13.6. The number of hydrogen-bond donors (Lipinski definition) is 2. The second-order valence-corrected chi connectivity index (χ2v) is 8.78. The van der Waals surface area contributed by atoms with Gasteiger partial charge in [0.2, 0.25) is 5.95 Å². The number of aromatic nitrogens is 3. The van der Waals surface area contributed by atoms with E-state index in [0.717, 1.165) is 16.1 Å². The van der Waals surface area contributed by atoms with Gasteiger partial charge in [0.15, 0.2) is 5.82 Å². The average Bonchev–Trinajstić information content (AvgIpc) is 3.49. The molecule has 33 heavy (non-hydrogen) atoms. The normalized spacial score (nSPS) is 15.1. The van der Waals surface area contributed by atoms with Crippen LogP contribution < -0.4 is 15.4 Å². The highest BCUT2D eigenvalue weighted by Gasteiger charge is 2.35. The first-order valence-corrected chi connectivity index (χ1v) is 11.4. The minimum Gasteiger partial charge on any atom is -0.495 e. The summed E-state index contributed by atoms with van der Waals surface area (Å²) in [7, 11) is 1.58. The van der Waals surface area contributed by atoms with Gasteiger partial charge < -0.3 is 15.4 Å². The zero-order chi connectivity index (χ0) is 22.9. The van der Waals surface area contributed by atoms with Crippen molar-refractivity contribution in [2.45, 2.75) is 19.9 Å². The lowest BCUT2D eigenvalue weighted by Gasteiger charge is -2.27. The summed E-state index contributed by atoms with van der Waals surface area (Å²) in [6.45, 7) is 3.94. The average molecular weight is 458 g/mol. The molecule has 1 amide bonds. The zero-order valence-electron chi connectivity index (χ0n) is 18.5. The molecule has 2 aromatic carbocycles. The number of nitrogens with one attached hydrogen (secondary N) is 2. The van der Waals surface area contributed by atoms with Gasteiger partial charge in [-0.25, -0.2) is 4.68 Å². The Morgan fingerprint density at radius 2 is 1.88 bits per heavy atom. The van der Waals surface area contributed by atoms with E-state index >= 15 is 0 Å². The van der Waals surface area contributed by atoms with Gasteiger partial charge in [-0.2, -0.15) is 4.98 Å². The Balaban J connectivity index is 1.56. The Hall–Kier alpha value is -3.91. The molecule has 0 radical (unpaired) electrons. The largest absolute Gasteiger partial charge is 0.495 e. The molecule has 3 heterocycles. The van der Waals surface area contributed by atoms with Gasteiger partial charge in [0.25, 0.3) is 5.91 Å². The Kier molecular flexibility index (Phi) is 5.43. The summed E-state index contributed by atoms with van der Waals surface area (Å²) in [5.41, 5.74) is 4.02. The van der Waals surface area contributed by atoms with Gasteiger partial charge in [0.1, 0.15) is 11.8 Å². The fourth-order valence-electron chi connectivity index (χ4n) is 3.92. The molecule has 166 valence electrons. The molecular weight excluding hydrogens is 434 g/mol. The quantitative estimate of drug-likeness (QED) is 0.428. The number of nitrogens with zero attached hydrogens (tertiary/aromatic N) is 3. The molecule has 1 aliphatic rings. The van der Waals surface area contributed by atoms with E-state index < -0.39 is 6.04 Å². The summed E-state index contributed by atoms with van der Waals surface area (Å²) in [4.78, 5) is 19.3. The number of allylic oxidation sites excluding steroid dienone is 1. The van der Waals surface area contributed by atoms with Crippen molar-refractivity contribution in [3.8, 4) is 17.1 Å². The molecule has 0 saturated heterocycles. The highest BCUT2D eigenvalue weighted by atomic mass is 32.1. The minimum atomic E-state index is -0.400. The molecular formula is C25H23N5O2S. The predicted octanol–water partition coefficient (Wildman–Crippen LogP) is 5.25. The highest BCUT2D eigenvalue weighted by molar-refractivity contribution is 7.10. The van der Waals surface area contributed by atoms with Crippen LogP contribution in [0.2, 0.25) is 0 Å². The van der Waals surface area contributed by atoms with Crippen molar-refractivity contribution in [3.05, 3.63) is 87.8 Å². The first kappa shape index (κ1) is 21.0. The van der Waals surface area contributed by atoms with Crippen LogP contribution in [0.4, 0.5) is 11.6 Å². The standard InChI is InChI=1S/C25H23N5O2S/c1-15-10-12-17(13-11-15)23-28-25-26-16(2)21(22(30(25)29-23)20-9-6-14-33-20)24(31)27-18-7-4-5-8-19(18)32-3/h4-14,22H,1-3H3,(H,27,31)(H,26,28,29). The van der Waals surface area contributed by atoms with Crippen LogP contribution in [0.5, 0.6) is 5.75 Å². The number of thiophene rings is 1. The first-order valence-electron chi connectivity index (χ1n) is 10.5. The van der Waals surface area contributed by atoms with E-state index in [4.69, 9.17) is 14.8 Å². The number of amides is 1. The second kappa shape index (κ2) is 8.55. The van der Waals surface area contributed by atoms with Gasteiger partial charge >= 0.3 is 0 Å². The van der Waals surface area contributed by atoms with E-state index in [1.54, 1.807) is 23.1 Å². The van der Waals surface area contributed by atoms with Crippen LogP contribution in [0, 0.1) is 6.92 Å². The van der Waals surface area contributed by atoms with Crippen molar-refractivity contribution >= 4 is 28.9 Å². The Bertz CT molecular complexity index is 1340. The molecule has 1 aliphatic heterocycles. The number of hydrogen-bond acceptors (Lipinski definition) is 6. The lowest BCUT2D eigenvalue weighted by atomic mass is 10.0. The molecule has 0 aliphatic carbocycles. The van der Waals surface area contributed by atoms with Crippen LogP contribution in [0.15, 0.2) is 77.3 Å². The smallest absolute Gasteiger partial charge is 0.256 e. The van der Waals surface area contributed by atoms with Gasteiger partial charge in [-0.3, -0.25) is 4.79 Å². The summed E-state index contributed by atoms with van der Waals surface area (Å²) < 4.78 is 7.20. The molecule has 0 saturated carbocycles. The van der Waals surface area contributed by atoms with Crippen LogP contribution >= 0.6 is 11.3 Å². The van der Waals surface area contributed by atoms with E-state index in [-0.39, 0.29) is 5.91 Å². The molecule has 1 unspecified atom stereocenters. The van der Waals surface area contributed by atoms with Crippen molar-refractivity contribution in [3.63, 3.8) is 0 Å². The van der Waals surface area contributed by atoms with E-state index in [1.807, 2.05) is 79.9 Å². The number of ether oxygens (including phenoxy) is 1. The summed E-state index contributed by atoms with van der Waals surface area (Å²) in [6.07, 6.45) is 0. The third kappa shape index (κ3) is 3.89. The van der Waals surface area contributed by atoms with Gasteiger partial charge in [-0.05, 0) is 37.4 Å². The number of benzene rings is 2. The highest BCUT2D eigenvalue weighted by Crippen LogP contribution is 2.39. The van der Waals surface area contributed by atoms with Gasteiger partial charge in [0, 0.05) is 16.1 Å². The van der Waals surface area contributed by atoms with Gasteiger partial charge in [-0.1, -0.05) is 48.0 Å². The molecule has 7 nitrogen and oxygen atoms in total. The summed E-state index contributed by atoms with van der Waals surface area (Å²) in [6, 6.07) is 19.0. The summed E-state index contributed by atoms with van der Waals surface area (Å²) >= 11 is 1.58. The lowest BCUT2D eigenvalue weighted by Crippen LogP contribution is -2.31. The third-order valence-corrected chi connectivity index (χ3v) is 6.50. The number of rotatable bonds is 5. The van der Waals surface area contributed by atoms with E-state index in [9.17, 15) is 4.79 Å². The molecule has 0 bridgehead atoms. The molecule has 2 N–H and O–H groups in total. The van der Waals surface area contributed by atoms with Crippen LogP contribution in [0.1, 0.15) is 23.4 Å². The molecule has 4 aromatic rings. The zero-order valence-corrected chi connectivity index (χ0v) is 19.3. The molecule has 5 rings (SSSR count). The van der Waals surface area contributed by atoms with Gasteiger partial charge in [-0.15, -0.1) is 16.4 Å². The number of para-hydroxylation sites is 2. The van der Waals surface area contributed by atoms with Crippen LogP contribution in [-0.2, 0) is 4.79 Å². The fraction of sp³-hybridized carbons (Fsp3) is 0.160. The predicted molar refractivity (Wildman–Crippen MR) is 131 cm³/mol. The molecule has 0 fully saturated rings. The monoisotopic (exact) mass is 457 g/mol. The van der Waals surface area contributed by atoms with Crippen molar-refractivity contribution in [1.82, 2.24) is 14.8 Å². The lowest BCUT2D eigenvalue weighted by molar-refractivity contribution is -0.113. The number of carbonyl (C=O) groups is 1. The molecule has 0 spiro atoms. The van der Waals surface area contributed by atoms with Crippen molar-refractivity contribution < 1.29 is 9.53 Å². The maximum Gasteiger partial charge on any atom is 0.256 e. The fourth-order valence-corrected chi connectivity index (χ4v) is 4.74. The van der Waals surface area contributed by atoms with E-state index in [0.29, 0.717) is 28.8 Å². The number of carbonyl (C=O) groups excluding carboxylic acids is 1. The number of aryl methyl sites for hydroxylation is 1. The number of methoxy groups -OCH3 is 1. The minimum absolute atomic E-state index is 0.221. The Labute approximate surface area is 195 Å². The van der Waals surface area contributed by atoms with Crippen molar-refractivity contribution in [2.75, 3.05) is 17.7 Å². The molecule has 2 aromatic heterocycles. The van der Waals surface area contributed by atoms with Crippen LogP contribution in [0.25, 0.3) is 11.4 Å². The summed E-state index contributed by atoms with van der Waals surface area (Å²) in [5.74, 6) is 1.60. The first-order chi connectivity index (χ1) is 16.0. The molecule has 1 atom stereocenters. The topological polar surface area (TPSA) is 81.1 Å². The van der Waals surface area contributed by atoms with E-state index in [2.05, 4.69) is 10.6 Å². The van der Waals surface area contributed by atoms with Crippen LogP contribution in [-0.4, -0.2) is 27.8 Å². The molecule has 8 heteroatoms. The van der Waals surface area contributed by atoms with E-state index in [1.165, 1.54) is 5.56 Å².